The Balaban J connectivity index is 1.20. The van der Waals surface area contributed by atoms with Gasteiger partial charge in [0.05, 0.1) is 23.5 Å². The van der Waals surface area contributed by atoms with Crippen molar-refractivity contribution in [3.63, 3.8) is 0 Å². The van der Waals surface area contributed by atoms with Crippen LogP contribution in [0.15, 0.2) is 90.4 Å². The summed E-state index contributed by atoms with van der Waals surface area (Å²) in [7, 11) is 0. The van der Waals surface area contributed by atoms with Crippen LogP contribution in [0.4, 0.5) is 24.7 Å². The van der Waals surface area contributed by atoms with Gasteiger partial charge >= 0.3 is 6.18 Å². The molecule has 218 valence electrons. The van der Waals surface area contributed by atoms with E-state index in [1.807, 2.05) is 52.7 Å². The summed E-state index contributed by atoms with van der Waals surface area (Å²) in [5.41, 5.74) is 3.80. The quantitative estimate of drug-likeness (QED) is 0.194. The Hall–Kier alpha value is -4.41. The maximum absolute atomic E-state index is 13.7. The molecule has 3 aromatic carbocycles. The third-order valence-corrected chi connectivity index (χ3v) is 8.25. The van der Waals surface area contributed by atoms with Crippen LogP contribution >= 0.6 is 22.9 Å². The summed E-state index contributed by atoms with van der Waals surface area (Å²) in [5, 5.41) is 9.21. The predicted octanol–water partition coefficient (Wildman–Crippen LogP) is 7.91. The number of pyridine rings is 1. The summed E-state index contributed by atoms with van der Waals surface area (Å²) in [5.74, 6) is 0.337. The second-order valence-electron chi connectivity index (χ2n) is 10.0. The molecular weight excluding hydrogens is 595 g/mol. The smallest absolute Gasteiger partial charge is 0.367 e. The van der Waals surface area contributed by atoms with Gasteiger partial charge in [-0.25, -0.2) is 9.97 Å². The van der Waals surface area contributed by atoms with Gasteiger partial charge < -0.3 is 15.5 Å². The summed E-state index contributed by atoms with van der Waals surface area (Å²) in [6.45, 7) is 1.31. The summed E-state index contributed by atoms with van der Waals surface area (Å²) in [4.78, 5) is 24.1. The maximum atomic E-state index is 13.7. The molecule has 43 heavy (non-hydrogen) atoms. The van der Waals surface area contributed by atoms with Crippen LogP contribution in [0, 0.1) is 0 Å². The number of fused-ring (bicyclic) bond motifs is 1. The van der Waals surface area contributed by atoms with Crippen molar-refractivity contribution in [2.75, 3.05) is 23.3 Å². The zero-order valence-electron chi connectivity index (χ0n) is 22.7. The lowest BCUT2D eigenvalue weighted by atomic mass is 10.0. The van der Waals surface area contributed by atoms with E-state index in [9.17, 15) is 18.0 Å². The Morgan fingerprint density at radius 1 is 1.00 bits per heavy atom. The van der Waals surface area contributed by atoms with Gasteiger partial charge in [-0.2, -0.15) is 13.2 Å². The zero-order valence-corrected chi connectivity index (χ0v) is 24.2. The number of hydrogen-bond acceptors (Lipinski definition) is 6. The molecule has 6 rings (SSSR count). The highest BCUT2D eigenvalue weighted by Crippen LogP contribution is 2.37. The van der Waals surface area contributed by atoms with Gasteiger partial charge in [-0.3, -0.25) is 4.79 Å². The van der Waals surface area contributed by atoms with Crippen LogP contribution < -0.4 is 15.5 Å². The Morgan fingerprint density at radius 3 is 2.63 bits per heavy atom. The Kier molecular flexibility index (Phi) is 8.05. The largest absolute Gasteiger partial charge is 0.416 e. The molecule has 0 fully saturated rings. The minimum absolute atomic E-state index is 0.0142. The van der Waals surface area contributed by atoms with Crippen LogP contribution in [0.25, 0.3) is 21.7 Å². The summed E-state index contributed by atoms with van der Waals surface area (Å²) in [6.07, 6.45) is -2.81. The molecule has 0 bridgehead atoms. The molecule has 5 aromatic rings. The number of nitrogens with one attached hydrogen (secondary N) is 2. The number of amides is 1. The molecule has 0 saturated heterocycles. The van der Waals surface area contributed by atoms with E-state index < -0.39 is 11.7 Å². The van der Waals surface area contributed by atoms with Gasteiger partial charge in [-0.15, -0.1) is 11.3 Å². The number of thiazole rings is 1. The van der Waals surface area contributed by atoms with E-state index in [-0.39, 0.29) is 29.6 Å². The lowest BCUT2D eigenvalue weighted by Gasteiger charge is -2.32. The number of carbonyl (C=O) groups is 1. The van der Waals surface area contributed by atoms with E-state index in [1.165, 1.54) is 23.5 Å². The van der Waals surface area contributed by atoms with E-state index in [2.05, 4.69) is 20.6 Å². The second-order valence-corrected chi connectivity index (χ2v) is 11.3. The Labute approximate surface area is 255 Å². The number of benzene rings is 3. The van der Waals surface area contributed by atoms with Crippen molar-refractivity contribution in [2.24, 2.45) is 0 Å². The number of aromatic nitrogens is 2. The first-order valence-corrected chi connectivity index (χ1v) is 14.7. The van der Waals surface area contributed by atoms with Crippen molar-refractivity contribution < 1.29 is 18.0 Å². The molecule has 2 aromatic heterocycles. The second kappa shape index (κ2) is 12.1. The highest BCUT2D eigenvalue weighted by molar-refractivity contribution is 7.13. The lowest BCUT2D eigenvalue weighted by Crippen LogP contribution is -2.34. The van der Waals surface area contributed by atoms with E-state index in [1.54, 1.807) is 24.4 Å². The predicted molar refractivity (Wildman–Crippen MR) is 164 cm³/mol. The normalized spacial score (nSPS) is 12.9. The molecule has 0 aliphatic carbocycles. The third-order valence-electron chi connectivity index (χ3n) is 7.08. The molecule has 6 nitrogen and oxygen atoms in total. The minimum atomic E-state index is -4.50. The molecule has 2 N–H and O–H groups in total. The average molecular weight is 620 g/mol. The van der Waals surface area contributed by atoms with Crippen LogP contribution in [0.3, 0.4) is 0 Å². The SMILES string of the molecule is O=C(NCc1csc(-c2ccccc2)n1)c1cccc(-c2cnc3c(c2)N(Cc2cc(Cl)ccc2C(F)(F)F)CCN3)c1. The van der Waals surface area contributed by atoms with Gasteiger partial charge in [-0.1, -0.05) is 54.1 Å². The number of hydrogen-bond donors (Lipinski definition) is 2. The third kappa shape index (κ3) is 6.50. The molecule has 11 heteroatoms. The first kappa shape index (κ1) is 28.7. The minimum Gasteiger partial charge on any atom is -0.367 e. The summed E-state index contributed by atoms with van der Waals surface area (Å²) in [6, 6.07) is 22.5. The van der Waals surface area contributed by atoms with Gasteiger partial charge in [0.1, 0.15) is 10.8 Å². The summed E-state index contributed by atoms with van der Waals surface area (Å²) < 4.78 is 41.2. The van der Waals surface area contributed by atoms with Crippen molar-refractivity contribution in [3.05, 3.63) is 118 Å². The lowest BCUT2D eigenvalue weighted by molar-refractivity contribution is -0.138. The molecular formula is C32H25ClF3N5OS. The van der Waals surface area contributed by atoms with Gasteiger partial charge in [0.2, 0.25) is 0 Å². The molecule has 1 amide bonds. The van der Waals surface area contributed by atoms with Crippen LogP contribution in [0.5, 0.6) is 0 Å². The van der Waals surface area contributed by atoms with E-state index in [0.29, 0.717) is 30.2 Å². The first-order chi connectivity index (χ1) is 20.7. The topological polar surface area (TPSA) is 70.2 Å². The number of halogens is 4. The van der Waals surface area contributed by atoms with Gasteiger partial charge in [0.25, 0.3) is 5.91 Å². The molecule has 1 aliphatic rings. The number of alkyl halides is 3. The van der Waals surface area contributed by atoms with Gasteiger partial charge in [0.15, 0.2) is 0 Å². The van der Waals surface area contributed by atoms with Gasteiger partial charge in [-0.05, 0) is 47.5 Å². The molecule has 1 aliphatic heterocycles. The average Bonchev–Trinajstić information content (AvgIpc) is 3.49. The van der Waals surface area contributed by atoms with Gasteiger partial charge in [0, 0.05) is 52.9 Å². The van der Waals surface area contributed by atoms with E-state index in [0.717, 1.165) is 33.5 Å². The molecule has 3 heterocycles. The van der Waals surface area contributed by atoms with Crippen LogP contribution in [0.1, 0.15) is 27.2 Å². The molecule has 0 spiro atoms. The van der Waals surface area contributed by atoms with E-state index >= 15 is 0 Å². The van der Waals surface area contributed by atoms with Crippen molar-refractivity contribution in [1.29, 1.82) is 0 Å². The van der Waals surface area contributed by atoms with Crippen molar-refractivity contribution >= 4 is 40.4 Å². The molecule has 0 atom stereocenters. The number of carbonyl (C=O) groups excluding carboxylic acids is 1. The van der Waals surface area contributed by atoms with Crippen LogP contribution in [-0.2, 0) is 19.3 Å². The fourth-order valence-corrected chi connectivity index (χ4v) is 5.99. The number of rotatable bonds is 7. The van der Waals surface area contributed by atoms with Crippen molar-refractivity contribution in [1.82, 2.24) is 15.3 Å². The molecule has 0 saturated carbocycles. The zero-order chi connectivity index (χ0) is 30.0. The standard InChI is InChI=1S/C32H25ClF3N5OS/c33-25-9-10-27(32(34,35)36)24(14-25)18-41-12-11-37-29-28(41)15-23(16-38-29)21-7-4-8-22(13-21)30(42)39-17-26-19-43-31(40-26)20-5-2-1-3-6-20/h1-10,13-16,19H,11-12,17-18H2,(H,37,38)(H,39,42). The van der Waals surface area contributed by atoms with E-state index in [4.69, 9.17) is 11.6 Å². The van der Waals surface area contributed by atoms with Crippen molar-refractivity contribution in [2.45, 2.75) is 19.3 Å². The fraction of sp³-hybridized carbons (Fsp3) is 0.156. The summed E-state index contributed by atoms with van der Waals surface area (Å²) >= 11 is 7.59. The molecule has 0 radical (unpaired) electrons. The molecule has 0 unspecified atom stereocenters. The van der Waals surface area contributed by atoms with Crippen LogP contribution in [-0.4, -0.2) is 29.0 Å². The maximum Gasteiger partial charge on any atom is 0.416 e. The monoisotopic (exact) mass is 619 g/mol. The number of anilines is 2. The Morgan fingerprint density at radius 2 is 1.81 bits per heavy atom. The Bertz CT molecular complexity index is 1780. The fourth-order valence-electron chi connectivity index (χ4n) is 4.97. The first-order valence-electron chi connectivity index (χ1n) is 13.5. The van der Waals surface area contributed by atoms with Crippen molar-refractivity contribution in [3.8, 4) is 21.7 Å². The number of nitrogens with zero attached hydrogens (tertiary/aromatic N) is 3. The highest BCUT2D eigenvalue weighted by atomic mass is 35.5. The van der Waals surface area contributed by atoms with Crippen LogP contribution in [0.2, 0.25) is 5.02 Å². The highest BCUT2D eigenvalue weighted by Gasteiger charge is 2.34.